The average molecular weight is 388 g/mol. The van der Waals surface area contributed by atoms with Gasteiger partial charge >= 0.3 is 0 Å². The van der Waals surface area contributed by atoms with Crippen molar-refractivity contribution >= 4 is 27.6 Å². The van der Waals surface area contributed by atoms with Crippen molar-refractivity contribution in [1.29, 1.82) is 0 Å². The Bertz CT molecular complexity index is 1240. The van der Waals surface area contributed by atoms with Crippen LogP contribution in [0.25, 0.3) is 33.3 Å². The third kappa shape index (κ3) is 3.43. The van der Waals surface area contributed by atoms with Crippen molar-refractivity contribution in [3.8, 4) is 17.2 Å². The van der Waals surface area contributed by atoms with E-state index in [0.717, 1.165) is 33.2 Å². The molecule has 0 aliphatic rings. The fourth-order valence-corrected chi connectivity index (χ4v) is 3.43. The van der Waals surface area contributed by atoms with E-state index in [4.69, 9.17) is 9.15 Å². The zero-order valence-corrected chi connectivity index (χ0v) is 15.6. The third-order valence-electron chi connectivity index (χ3n) is 4.81. The van der Waals surface area contributed by atoms with E-state index < -0.39 is 6.10 Å². The average Bonchev–Trinajstić information content (AvgIpc) is 3.49. The summed E-state index contributed by atoms with van der Waals surface area (Å²) in [6, 6.07) is 19.5. The molecule has 0 amide bonds. The number of benzene rings is 2. The zero-order valence-electron chi connectivity index (χ0n) is 15.6. The lowest BCUT2D eigenvalue weighted by Gasteiger charge is -2.13. The number of furan rings is 1. The smallest absolute Gasteiger partial charge is 0.151 e. The highest BCUT2D eigenvalue weighted by atomic mass is 16.5. The molecule has 0 saturated heterocycles. The molecule has 146 valence electrons. The Balaban J connectivity index is 1.24. The third-order valence-corrected chi connectivity index (χ3v) is 4.81. The molecule has 1 atom stereocenters. The van der Waals surface area contributed by atoms with E-state index in [1.165, 1.54) is 0 Å². The number of hydrogen-bond acceptors (Lipinski definition) is 5. The van der Waals surface area contributed by atoms with E-state index in [1.54, 1.807) is 6.26 Å². The van der Waals surface area contributed by atoms with Gasteiger partial charge in [-0.15, -0.1) is 0 Å². The molecule has 7 heteroatoms. The number of anilines is 1. The van der Waals surface area contributed by atoms with E-state index >= 15 is 0 Å². The second kappa shape index (κ2) is 7.37. The second-order valence-electron chi connectivity index (χ2n) is 6.84. The van der Waals surface area contributed by atoms with E-state index in [-0.39, 0.29) is 6.61 Å². The van der Waals surface area contributed by atoms with Crippen molar-refractivity contribution in [2.75, 3.05) is 18.5 Å². The van der Waals surface area contributed by atoms with Crippen molar-refractivity contribution in [1.82, 2.24) is 15.2 Å². The standard InChI is InChI=1S/C22H20N4O3/c27-14(12-23-21-11-18(25-26-21)19-9-4-10-28-19)13-29-20-8-3-7-17-22(20)15-5-1-2-6-16(15)24-17/h1-11,14,24,27H,12-13H2,(H2,23,25,26). The Labute approximate surface area is 166 Å². The van der Waals surface area contributed by atoms with E-state index in [2.05, 4.69) is 26.6 Å². The number of hydrogen-bond donors (Lipinski definition) is 4. The van der Waals surface area contributed by atoms with Crippen molar-refractivity contribution in [3.63, 3.8) is 0 Å². The number of nitrogens with zero attached hydrogens (tertiary/aromatic N) is 1. The number of aromatic nitrogens is 3. The monoisotopic (exact) mass is 388 g/mol. The van der Waals surface area contributed by atoms with Crippen molar-refractivity contribution in [2.45, 2.75) is 6.10 Å². The molecule has 0 saturated carbocycles. The van der Waals surface area contributed by atoms with Gasteiger partial charge in [0.05, 0.1) is 11.8 Å². The highest BCUT2D eigenvalue weighted by molar-refractivity contribution is 6.10. The number of aromatic amines is 2. The van der Waals surface area contributed by atoms with Gasteiger partial charge in [-0.1, -0.05) is 24.3 Å². The highest BCUT2D eigenvalue weighted by Gasteiger charge is 2.12. The van der Waals surface area contributed by atoms with Gasteiger partial charge in [-0.05, 0) is 30.3 Å². The first-order chi connectivity index (χ1) is 14.3. The Morgan fingerprint density at radius 3 is 2.86 bits per heavy atom. The van der Waals surface area contributed by atoms with Crippen LogP contribution in [0.3, 0.4) is 0 Å². The lowest BCUT2D eigenvalue weighted by Crippen LogP contribution is -2.26. The number of aliphatic hydroxyl groups is 1. The highest BCUT2D eigenvalue weighted by Crippen LogP contribution is 2.33. The lowest BCUT2D eigenvalue weighted by molar-refractivity contribution is 0.118. The lowest BCUT2D eigenvalue weighted by atomic mass is 10.1. The Kier molecular flexibility index (Phi) is 4.42. The van der Waals surface area contributed by atoms with Gasteiger partial charge in [0.25, 0.3) is 0 Å². The van der Waals surface area contributed by atoms with Crippen LogP contribution in [0.1, 0.15) is 0 Å². The first-order valence-electron chi connectivity index (χ1n) is 9.41. The molecule has 3 heterocycles. The predicted octanol–water partition coefficient (Wildman–Crippen LogP) is 4.16. The molecule has 5 aromatic rings. The summed E-state index contributed by atoms with van der Waals surface area (Å²) >= 11 is 0. The molecule has 0 aliphatic heterocycles. The molecule has 0 bridgehead atoms. The van der Waals surface area contributed by atoms with Gasteiger partial charge in [-0.3, -0.25) is 5.10 Å². The molecule has 0 fully saturated rings. The SMILES string of the molecule is OC(CNc1cc(-c2ccco2)[nH]n1)COc1cccc2[nH]c3ccccc3c12. The summed E-state index contributed by atoms with van der Waals surface area (Å²) in [4.78, 5) is 3.39. The topological polar surface area (TPSA) is 99.1 Å². The molecule has 0 radical (unpaired) electrons. The molecular formula is C22H20N4O3. The summed E-state index contributed by atoms with van der Waals surface area (Å²) in [5, 5.41) is 22.7. The summed E-state index contributed by atoms with van der Waals surface area (Å²) < 4.78 is 11.3. The van der Waals surface area contributed by atoms with E-state index in [9.17, 15) is 5.11 Å². The van der Waals surface area contributed by atoms with Crippen LogP contribution < -0.4 is 10.1 Å². The number of nitrogens with one attached hydrogen (secondary N) is 3. The normalized spacial score (nSPS) is 12.4. The fraction of sp³-hybridized carbons (Fsp3) is 0.136. The maximum atomic E-state index is 10.3. The summed E-state index contributed by atoms with van der Waals surface area (Å²) in [5.74, 6) is 2.09. The van der Waals surface area contributed by atoms with Crippen LogP contribution >= 0.6 is 0 Å². The van der Waals surface area contributed by atoms with Crippen molar-refractivity contribution in [3.05, 3.63) is 66.9 Å². The quantitative estimate of drug-likeness (QED) is 0.336. The minimum atomic E-state index is -0.695. The van der Waals surface area contributed by atoms with E-state index in [1.807, 2.05) is 54.6 Å². The Morgan fingerprint density at radius 1 is 1.07 bits per heavy atom. The molecule has 4 N–H and O–H groups in total. The number of H-pyrrole nitrogens is 2. The number of para-hydroxylation sites is 1. The first-order valence-corrected chi connectivity index (χ1v) is 9.41. The van der Waals surface area contributed by atoms with Crippen LogP contribution in [-0.2, 0) is 0 Å². The van der Waals surface area contributed by atoms with Gasteiger partial charge in [-0.25, -0.2) is 0 Å². The van der Waals surface area contributed by atoms with Crippen LogP contribution in [0.5, 0.6) is 5.75 Å². The van der Waals surface area contributed by atoms with Gasteiger partial charge in [-0.2, -0.15) is 5.10 Å². The fourth-order valence-electron chi connectivity index (χ4n) is 3.43. The van der Waals surface area contributed by atoms with Crippen LogP contribution in [0.15, 0.2) is 71.3 Å². The molecule has 3 aromatic heterocycles. The summed E-state index contributed by atoms with van der Waals surface area (Å²) in [7, 11) is 0. The first kappa shape index (κ1) is 17.4. The minimum absolute atomic E-state index is 0.168. The number of fused-ring (bicyclic) bond motifs is 3. The zero-order chi connectivity index (χ0) is 19.6. The Morgan fingerprint density at radius 2 is 1.97 bits per heavy atom. The number of ether oxygens (including phenoxy) is 1. The van der Waals surface area contributed by atoms with Crippen LogP contribution in [0.2, 0.25) is 0 Å². The van der Waals surface area contributed by atoms with Gasteiger partial charge in [0.2, 0.25) is 0 Å². The molecule has 0 aliphatic carbocycles. The number of aliphatic hydroxyl groups excluding tert-OH is 1. The maximum absolute atomic E-state index is 10.3. The van der Waals surface area contributed by atoms with Crippen LogP contribution in [-0.4, -0.2) is 39.5 Å². The van der Waals surface area contributed by atoms with Gasteiger partial charge in [0.1, 0.15) is 30.0 Å². The van der Waals surface area contributed by atoms with Crippen LogP contribution in [0, 0.1) is 0 Å². The molecular weight excluding hydrogens is 368 g/mol. The predicted molar refractivity (Wildman–Crippen MR) is 112 cm³/mol. The van der Waals surface area contributed by atoms with Crippen molar-refractivity contribution < 1.29 is 14.3 Å². The van der Waals surface area contributed by atoms with Crippen LogP contribution in [0.4, 0.5) is 5.82 Å². The second-order valence-corrected chi connectivity index (χ2v) is 6.84. The summed E-state index contributed by atoms with van der Waals surface area (Å²) in [6.07, 6.45) is 0.915. The summed E-state index contributed by atoms with van der Waals surface area (Å²) in [5.41, 5.74) is 2.85. The molecule has 0 spiro atoms. The van der Waals surface area contributed by atoms with Gasteiger partial charge < -0.3 is 24.6 Å². The van der Waals surface area contributed by atoms with Gasteiger partial charge in [0, 0.05) is 28.9 Å². The molecule has 2 aromatic carbocycles. The van der Waals surface area contributed by atoms with Crippen molar-refractivity contribution in [2.24, 2.45) is 0 Å². The maximum Gasteiger partial charge on any atom is 0.151 e. The molecule has 7 nitrogen and oxygen atoms in total. The largest absolute Gasteiger partial charge is 0.490 e. The van der Waals surface area contributed by atoms with E-state index in [0.29, 0.717) is 18.1 Å². The molecule has 1 unspecified atom stereocenters. The minimum Gasteiger partial charge on any atom is -0.490 e. The Hall–Kier alpha value is -3.71. The summed E-state index contributed by atoms with van der Waals surface area (Å²) in [6.45, 7) is 0.480. The molecule has 5 rings (SSSR count). The van der Waals surface area contributed by atoms with Gasteiger partial charge in [0.15, 0.2) is 5.76 Å². The number of rotatable bonds is 7. The molecule has 29 heavy (non-hydrogen) atoms.